The number of hydrogen-bond acceptors (Lipinski definition) is 5. The fourth-order valence-electron chi connectivity index (χ4n) is 1.54. The van der Waals surface area contributed by atoms with Crippen LogP contribution in [0.4, 0.5) is 5.69 Å². The zero-order chi connectivity index (χ0) is 15.8. The van der Waals surface area contributed by atoms with Gasteiger partial charge in [-0.2, -0.15) is 0 Å². The predicted octanol–water partition coefficient (Wildman–Crippen LogP) is 0.496. The van der Waals surface area contributed by atoms with Gasteiger partial charge in [0.1, 0.15) is 11.5 Å². The molecule has 0 saturated heterocycles. The molecule has 0 aliphatic rings. The van der Waals surface area contributed by atoms with Gasteiger partial charge in [0.15, 0.2) is 0 Å². The maximum Gasteiger partial charge on any atom is 0.243 e. The third-order valence-electron chi connectivity index (χ3n) is 2.45. The van der Waals surface area contributed by atoms with Crippen LogP contribution in [0.3, 0.4) is 0 Å². The maximum atomic E-state index is 11.8. The molecule has 0 radical (unpaired) electrons. The van der Waals surface area contributed by atoms with Crippen molar-refractivity contribution in [3.05, 3.63) is 18.2 Å². The van der Waals surface area contributed by atoms with E-state index in [1.54, 1.807) is 18.2 Å². The normalized spacial score (nSPS) is 10.1. The highest BCUT2D eigenvalue weighted by Crippen LogP contribution is 2.29. The second-order valence-electron chi connectivity index (χ2n) is 4.56. The van der Waals surface area contributed by atoms with Gasteiger partial charge in [-0.05, 0) is 26.0 Å². The number of carbonyl (C=O) groups is 2. The van der Waals surface area contributed by atoms with Gasteiger partial charge in [-0.1, -0.05) is 0 Å². The maximum absolute atomic E-state index is 11.8. The van der Waals surface area contributed by atoms with Crippen molar-refractivity contribution in [2.75, 3.05) is 25.5 Å². The molecule has 7 heteroatoms. The number of ether oxygens (including phenoxy) is 2. The Kier molecular flexibility index (Phi) is 6.48. The van der Waals surface area contributed by atoms with Crippen LogP contribution in [0.2, 0.25) is 0 Å². The van der Waals surface area contributed by atoms with Gasteiger partial charge in [0.25, 0.3) is 0 Å². The molecule has 4 N–H and O–H groups in total. The Labute approximate surface area is 123 Å². The molecule has 116 valence electrons. The molecule has 0 heterocycles. The summed E-state index contributed by atoms with van der Waals surface area (Å²) in [6.45, 7) is 3.46. The third kappa shape index (κ3) is 5.70. The predicted molar refractivity (Wildman–Crippen MR) is 79.5 cm³/mol. The van der Waals surface area contributed by atoms with Crippen molar-refractivity contribution >= 4 is 17.5 Å². The van der Waals surface area contributed by atoms with E-state index in [2.05, 4.69) is 10.6 Å². The van der Waals surface area contributed by atoms with E-state index >= 15 is 0 Å². The number of benzene rings is 1. The van der Waals surface area contributed by atoms with Crippen LogP contribution < -0.4 is 25.8 Å². The summed E-state index contributed by atoms with van der Waals surface area (Å²) in [4.78, 5) is 22.8. The quantitative estimate of drug-likeness (QED) is 0.679. The highest BCUT2D eigenvalue weighted by Gasteiger charge is 2.11. The molecule has 1 aromatic carbocycles. The Bertz CT molecular complexity index is 503. The van der Waals surface area contributed by atoms with E-state index in [9.17, 15) is 9.59 Å². The lowest BCUT2D eigenvalue weighted by Gasteiger charge is -2.16. The monoisotopic (exact) mass is 295 g/mol. The van der Waals surface area contributed by atoms with Gasteiger partial charge in [-0.25, -0.2) is 0 Å². The largest absolute Gasteiger partial charge is 0.497 e. The van der Waals surface area contributed by atoms with Crippen LogP contribution in [0.15, 0.2) is 18.2 Å². The first-order valence-corrected chi connectivity index (χ1v) is 6.57. The van der Waals surface area contributed by atoms with Crippen molar-refractivity contribution in [2.45, 2.75) is 20.0 Å². The summed E-state index contributed by atoms with van der Waals surface area (Å²) in [6.07, 6.45) is -0.0361. The average Bonchev–Trinajstić information content (AvgIpc) is 2.46. The molecular formula is C14H21N3O4. The van der Waals surface area contributed by atoms with Gasteiger partial charge in [-0.15, -0.1) is 0 Å². The Balaban J connectivity index is 2.78. The summed E-state index contributed by atoms with van der Waals surface area (Å²) in [6, 6.07) is 5.11. The molecule has 0 fully saturated rings. The van der Waals surface area contributed by atoms with E-state index in [4.69, 9.17) is 15.2 Å². The molecule has 0 saturated carbocycles. The number of rotatable bonds is 7. The first-order chi connectivity index (χ1) is 9.96. The standard InChI is InChI=1S/C14H21N3O4/c1-9(2)21-12-5-4-10(20-3)6-11(12)17-14(19)8-16-13(18)7-15/h4-6,9H,7-8,15H2,1-3H3,(H,16,18)(H,17,19). The molecule has 2 amide bonds. The van der Waals surface area contributed by atoms with Crippen LogP contribution in [0.1, 0.15) is 13.8 Å². The van der Waals surface area contributed by atoms with E-state index in [0.717, 1.165) is 0 Å². The number of anilines is 1. The second-order valence-corrected chi connectivity index (χ2v) is 4.56. The minimum atomic E-state index is -0.394. The number of hydrogen-bond donors (Lipinski definition) is 3. The van der Waals surface area contributed by atoms with Gasteiger partial charge in [-0.3, -0.25) is 9.59 Å². The molecule has 0 aliphatic carbocycles. The van der Waals surface area contributed by atoms with Crippen molar-refractivity contribution < 1.29 is 19.1 Å². The molecular weight excluding hydrogens is 274 g/mol. The first-order valence-electron chi connectivity index (χ1n) is 6.57. The first kappa shape index (κ1) is 16.8. The SMILES string of the molecule is COc1ccc(OC(C)C)c(NC(=O)CNC(=O)CN)c1. The summed E-state index contributed by atoms with van der Waals surface area (Å²) >= 11 is 0. The van der Waals surface area contributed by atoms with Crippen molar-refractivity contribution in [2.24, 2.45) is 5.73 Å². The highest BCUT2D eigenvalue weighted by atomic mass is 16.5. The van der Waals surface area contributed by atoms with E-state index in [0.29, 0.717) is 17.2 Å². The van der Waals surface area contributed by atoms with Gasteiger partial charge < -0.3 is 25.8 Å². The topological polar surface area (TPSA) is 103 Å². The fourth-order valence-corrected chi connectivity index (χ4v) is 1.54. The smallest absolute Gasteiger partial charge is 0.243 e. The number of nitrogens with two attached hydrogens (primary N) is 1. The fraction of sp³-hybridized carbons (Fsp3) is 0.429. The second kappa shape index (κ2) is 8.11. The van der Waals surface area contributed by atoms with Crippen LogP contribution in [-0.4, -0.2) is 38.1 Å². The summed E-state index contributed by atoms with van der Waals surface area (Å²) in [7, 11) is 1.53. The highest BCUT2D eigenvalue weighted by molar-refractivity contribution is 5.96. The molecule has 1 rings (SSSR count). The summed E-state index contributed by atoms with van der Waals surface area (Å²) < 4.78 is 10.7. The molecule has 7 nitrogen and oxygen atoms in total. The van der Waals surface area contributed by atoms with Gasteiger partial charge >= 0.3 is 0 Å². The van der Waals surface area contributed by atoms with Crippen molar-refractivity contribution in [1.82, 2.24) is 5.32 Å². The Hall–Kier alpha value is -2.28. The number of nitrogens with one attached hydrogen (secondary N) is 2. The molecule has 0 spiro atoms. The minimum Gasteiger partial charge on any atom is -0.497 e. The van der Waals surface area contributed by atoms with Crippen molar-refractivity contribution in [3.63, 3.8) is 0 Å². The molecule has 0 atom stereocenters. The molecule has 0 aliphatic heterocycles. The lowest BCUT2D eigenvalue weighted by molar-refractivity contribution is -0.123. The zero-order valence-corrected chi connectivity index (χ0v) is 12.4. The Morgan fingerprint density at radius 3 is 2.57 bits per heavy atom. The summed E-state index contributed by atoms with van der Waals surface area (Å²) in [5.74, 6) is 0.352. The number of amides is 2. The lowest BCUT2D eigenvalue weighted by Crippen LogP contribution is -2.36. The average molecular weight is 295 g/mol. The van der Waals surface area contributed by atoms with E-state index in [-0.39, 0.29) is 25.1 Å². The molecule has 0 aromatic heterocycles. The Morgan fingerprint density at radius 1 is 1.29 bits per heavy atom. The third-order valence-corrected chi connectivity index (χ3v) is 2.45. The van der Waals surface area contributed by atoms with Crippen LogP contribution in [0.5, 0.6) is 11.5 Å². The lowest BCUT2D eigenvalue weighted by atomic mass is 10.2. The van der Waals surface area contributed by atoms with Gasteiger partial charge in [0.05, 0.1) is 32.0 Å². The number of carbonyl (C=O) groups excluding carboxylic acids is 2. The molecule has 0 bridgehead atoms. The van der Waals surface area contributed by atoms with Gasteiger partial charge in [0, 0.05) is 6.07 Å². The summed E-state index contributed by atoms with van der Waals surface area (Å²) in [5.41, 5.74) is 5.63. The van der Waals surface area contributed by atoms with Crippen LogP contribution >= 0.6 is 0 Å². The minimum absolute atomic E-state index is 0.0361. The van der Waals surface area contributed by atoms with Crippen LogP contribution in [0, 0.1) is 0 Å². The summed E-state index contributed by atoms with van der Waals surface area (Å²) in [5, 5.41) is 5.06. The number of methoxy groups -OCH3 is 1. The zero-order valence-electron chi connectivity index (χ0n) is 12.4. The van der Waals surface area contributed by atoms with Crippen molar-refractivity contribution in [1.29, 1.82) is 0 Å². The van der Waals surface area contributed by atoms with Crippen LogP contribution in [0.25, 0.3) is 0 Å². The van der Waals surface area contributed by atoms with E-state index in [1.165, 1.54) is 7.11 Å². The van der Waals surface area contributed by atoms with Crippen LogP contribution in [-0.2, 0) is 9.59 Å². The molecule has 1 aromatic rings. The van der Waals surface area contributed by atoms with E-state index in [1.807, 2.05) is 13.8 Å². The van der Waals surface area contributed by atoms with Crippen molar-refractivity contribution in [3.8, 4) is 11.5 Å². The molecule has 21 heavy (non-hydrogen) atoms. The van der Waals surface area contributed by atoms with Gasteiger partial charge in [0.2, 0.25) is 11.8 Å². The van der Waals surface area contributed by atoms with E-state index < -0.39 is 5.91 Å². The molecule has 0 unspecified atom stereocenters. The Morgan fingerprint density at radius 2 is 2.00 bits per heavy atom.